The first-order valence-corrected chi connectivity index (χ1v) is 5.24. The molecule has 0 bridgehead atoms. The zero-order chi connectivity index (χ0) is 13.1. The number of carbonyl (C=O) groups excluding carboxylic acids is 1. The monoisotopic (exact) mass is 246 g/mol. The Morgan fingerprint density at radius 2 is 2.44 bits per heavy atom. The minimum atomic E-state index is -0.518. The van der Waals surface area contributed by atoms with E-state index in [0.29, 0.717) is 11.4 Å². The van der Waals surface area contributed by atoms with Crippen molar-refractivity contribution in [1.29, 1.82) is 0 Å². The third kappa shape index (κ3) is 1.98. The Balaban J connectivity index is 2.47. The number of nitro benzene ring substituents is 1. The van der Waals surface area contributed by atoms with E-state index in [0.717, 1.165) is 6.29 Å². The number of hydrogen-bond donors (Lipinski definition) is 0. The van der Waals surface area contributed by atoms with Gasteiger partial charge in [0.2, 0.25) is 0 Å². The number of carbonyl (C=O) groups is 1. The molecule has 0 saturated heterocycles. The first-order chi connectivity index (χ1) is 8.67. The molecule has 92 valence electrons. The number of nitrogens with zero attached hydrogens (tertiary/aromatic N) is 2. The molecule has 6 nitrogen and oxygen atoms in total. The number of nitro groups is 1. The minimum absolute atomic E-state index is 0.0640. The topological polar surface area (TPSA) is 72.7 Å². The van der Waals surface area contributed by atoms with Gasteiger partial charge >= 0.3 is 0 Å². The zero-order valence-corrected chi connectivity index (χ0v) is 9.41. The predicted octanol–water partition coefficient (Wildman–Crippen LogP) is 0.994. The van der Waals surface area contributed by atoms with Gasteiger partial charge in [0.1, 0.15) is 24.7 Å². The van der Waals surface area contributed by atoms with E-state index in [1.54, 1.807) is 4.90 Å². The number of rotatable bonds is 3. The summed E-state index contributed by atoms with van der Waals surface area (Å²) in [6, 6.07) is 3.71. The van der Waals surface area contributed by atoms with E-state index in [4.69, 9.17) is 11.2 Å². The lowest BCUT2D eigenvalue weighted by Gasteiger charge is -2.34. The summed E-state index contributed by atoms with van der Waals surface area (Å²) in [5, 5.41) is 10.7. The normalized spacial score (nSPS) is 17.3. The van der Waals surface area contributed by atoms with Gasteiger partial charge in [-0.1, -0.05) is 5.92 Å². The van der Waals surface area contributed by atoms with Crippen molar-refractivity contribution in [2.24, 2.45) is 0 Å². The molecule has 0 amide bonds. The van der Waals surface area contributed by atoms with E-state index in [1.807, 2.05) is 0 Å². The highest BCUT2D eigenvalue weighted by atomic mass is 16.6. The molecule has 0 fully saturated rings. The summed E-state index contributed by atoms with van der Waals surface area (Å²) in [5.74, 6) is 2.93. The number of ether oxygens (including phenoxy) is 1. The number of aldehydes is 1. The summed E-state index contributed by atoms with van der Waals surface area (Å²) in [6.45, 7) is 0.386. The maximum absolute atomic E-state index is 10.9. The second-order valence-electron chi connectivity index (χ2n) is 3.76. The molecule has 0 aliphatic carbocycles. The highest BCUT2D eigenvalue weighted by molar-refractivity contribution is 5.73. The van der Waals surface area contributed by atoms with Crippen LogP contribution < -0.4 is 9.64 Å². The summed E-state index contributed by atoms with van der Waals surface area (Å²) in [4.78, 5) is 22.8. The van der Waals surface area contributed by atoms with E-state index in [-0.39, 0.29) is 18.8 Å². The van der Waals surface area contributed by atoms with Gasteiger partial charge in [-0.25, -0.2) is 0 Å². The Morgan fingerprint density at radius 1 is 1.67 bits per heavy atom. The van der Waals surface area contributed by atoms with Gasteiger partial charge in [0, 0.05) is 12.1 Å². The Morgan fingerprint density at radius 3 is 3.06 bits per heavy atom. The highest BCUT2D eigenvalue weighted by Gasteiger charge is 2.28. The largest absolute Gasteiger partial charge is 0.489 e. The lowest BCUT2D eigenvalue weighted by atomic mass is 10.1. The molecule has 1 aliphatic rings. The van der Waals surface area contributed by atoms with Crippen molar-refractivity contribution in [2.75, 3.05) is 18.1 Å². The van der Waals surface area contributed by atoms with E-state index in [1.165, 1.54) is 18.2 Å². The SMILES string of the molecule is C#CCN1c2cc([N+](=O)[O-])ccc2OCC1C=O. The molecule has 18 heavy (non-hydrogen) atoms. The molecule has 1 atom stereocenters. The van der Waals surface area contributed by atoms with Crippen molar-refractivity contribution in [1.82, 2.24) is 0 Å². The smallest absolute Gasteiger partial charge is 0.271 e. The predicted molar refractivity (Wildman–Crippen MR) is 64.6 cm³/mol. The fraction of sp³-hybridized carbons (Fsp3) is 0.250. The molecule has 0 radical (unpaired) electrons. The summed E-state index contributed by atoms with van der Waals surface area (Å²) in [6.07, 6.45) is 5.97. The maximum atomic E-state index is 10.9. The van der Waals surface area contributed by atoms with Crippen LogP contribution in [0.25, 0.3) is 0 Å². The third-order valence-corrected chi connectivity index (χ3v) is 2.69. The summed E-state index contributed by atoms with van der Waals surface area (Å²) in [7, 11) is 0. The van der Waals surface area contributed by atoms with Gasteiger partial charge in [-0.05, 0) is 6.07 Å². The molecular formula is C12H10N2O4. The molecule has 1 aromatic carbocycles. The standard InChI is InChI=1S/C12H10N2O4/c1-2-5-13-10(7-15)8-18-12-4-3-9(14(16)17)6-11(12)13/h1,3-4,6-7,10H,5,8H2. The van der Waals surface area contributed by atoms with Crippen molar-refractivity contribution in [3.63, 3.8) is 0 Å². The number of anilines is 1. The van der Waals surface area contributed by atoms with Crippen molar-refractivity contribution in [2.45, 2.75) is 6.04 Å². The van der Waals surface area contributed by atoms with E-state index >= 15 is 0 Å². The summed E-state index contributed by atoms with van der Waals surface area (Å²) >= 11 is 0. The Labute approximate surface area is 103 Å². The average Bonchev–Trinajstić information content (AvgIpc) is 2.38. The maximum Gasteiger partial charge on any atom is 0.271 e. The first kappa shape index (κ1) is 11.9. The van der Waals surface area contributed by atoms with Crippen LogP contribution in [-0.2, 0) is 4.79 Å². The zero-order valence-electron chi connectivity index (χ0n) is 9.41. The van der Waals surface area contributed by atoms with Crippen molar-refractivity contribution < 1.29 is 14.5 Å². The molecular weight excluding hydrogens is 236 g/mol. The van der Waals surface area contributed by atoms with E-state index < -0.39 is 11.0 Å². The van der Waals surface area contributed by atoms with Gasteiger partial charge < -0.3 is 14.4 Å². The van der Waals surface area contributed by atoms with Crippen LogP contribution in [0.15, 0.2) is 18.2 Å². The molecule has 1 aliphatic heterocycles. The second-order valence-corrected chi connectivity index (χ2v) is 3.76. The molecule has 2 rings (SSSR count). The Bertz CT molecular complexity index is 535. The molecule has 0 N–H and O–H groups in total. The fourth-order valence-corrected chi connectivity index (χ4v) is 1.82. The van der Waals surface area contributed by atoms with Crippen LogP contribution >= 0.6 is 0 Å². The van der Waals surface area contributed by atoms with Crippen molar-refractivity contribution in [3.05, 3.63) is 28.3 Å². The average molecular weight is 246 g/mol. The van der Waals surface area contributed by atoms with E-state index in [9.17, 15) is 14.9 Å². The molecule has 1 unspecified atom stereocenters. The van der Waals surface area contributed by atoms with Crippen LogP contribution in [0.5, 0.6) is 5.75 Å². The quantitative estimate of drug-likeness (QED) is 0.344. The molecule has 6 heteroatoms. The molecule has 1 aromatic rings. The Hall–Kier alpha value is -2.55. The molecule has 0 aromatic heterocycles. The first-order valence-electron chi connectivity index (χ1n) is 5.24. The molecule has 0 saturated carbocycles. The van der Waals surface area contributed by atoms with Crippen molar-refractivity contribution >= 4 is 17.7 Å². The van der Waals surface area contributed by atoms with Crippen LogP contribution in [0.4, 0.5) is 11.4 Å². The van der Waals surface area contributed by atoms with Gasteiger partial charge in [-0.2, -0.15) is 0 Å². The van der Waals surface area contributed by atoms with Crippen LogP contribution in [0, 0.1) is 22.5 Å². The number of fused-ring (bicyclic) bond motifs is 1. The summed E-state index contributed by atoms with van der Waals surface area (Å²) < 4.78 is 5.37. The molecule has 0 spiro atoms. The van der Waals surface area contributed by atoms with Gasteiger partial charge in [-0.15, -0.1) is 6.42 Å². The summed E-state index contributed by atoms with van der Waals surface area (Å²) in [5.41, 5.74) is 0.413. The highest BCUT2D eigenvalue weighted by Crippen LogP contribution is 2.36. The number of terminal acetylenes is 1. The minimum Gasteiger partial charge on any atom is -0.489 e. The second kappa shape index (κ2) is 4.75. The third-order valence-electron chi connectivity index (χ3n) is 2.69. The van der Waals surface area contributed by atoms with Gasteiger partial charge in [0.05, 0.1) is 17.2 Å². The van der Waals surface area contributed by atoms with Crippen LogP contribution in [0.3, 0.4) is 0 Å². The number of benzene rings is 1. The van der Waals surface area contributed by atoms with E-state index in [2.05, 4.69) is 5.92 Å². The van der Waals surface area contributed by atoms with Crippen molar-refractivity contribution in [3.8, 4) is 18.1 Å². The van der Waals surface area contributed by atoms with Crippen LogP contribution in [-0.4, -0.2) is 30.4 Å². The number of non-ortho nitro benzene ring substituents is 1. The fourth-order valence-electron chi connectivity index (χ4n) is 1.82. The lowest BCUT2D eigenvalue weighted by molar-refractivity contribution is -0.384. The van der Waals surface area contributed by atoms with Gasteiger partial charge in [0.25, 0.3) is 5.69 Å². The molecule has 1 heterocycles. The van der Waals surface area contributed by atoms with Crippen LogP contribution in [0.1, 0.15) is 0 Å². The van der Waals surface area contributed by atoms with Crippen LogP contribution in [0.2, 0.25) is 0 Å². The Kier molecular flexibility index (Phi) is 3.15. The van der Waals surface area contributed by atoms with Gasteiger partial charge in [0.15, 0.2) is 0 Å². The van der Waals surface area contributed by atoms with Gasteiger partial charge in [-0.3, -0.25) is 10.1 Å². The lowest BCUT2D eigenvalue weighted by Crippen LogP contribution is -2.44. The number of hydrogen-bond acceptors (Lipinski definition) is 5.